The number of carbonyl (C=O) groups is 8. The maximum atomic E-state index is 13.7. The minimum Gasteiger partial charge on any atom is -0.462 e. The maximum Gasteiger partial charge on any atom is 0.342 e. The van der Waals surface area contributed by atoms with Gasteiger partial charge < -0.3 is 75.8 Å². The Labute approximate surface area is 550 Å². The Bertz CT molecular complexity index is 3390. The predicted octanol–water partition coefficient (Wildman–Crippen LogP) is 15.8. The third-order valence-corrected chi connectivity index (χ3v) is 13.4. The van der Waals surface area contributed by atoms with Crippen LogP contribution in [0.1, 0.15) is 138 Å². The molecule has 0 unspecified atom stereocenters. The first-order valence-electron chi connectivity index (χ1n) is 30.4. The molecule has 96 heavy (non-hydrogen) atoms. The molecule has 0 aliphatic carbocycles. The van der Waals surface area contributed by atoms with Gasteiger partial charge in [-0.25, -0.2) is 38.4 Å². The summed E-state index contributed by atoms with van der Waals surface area (Å²) in [6.45, 7) is 12.5. The third kappa shape index (κ3) is 16.6. The fourth-order valence-corrected chi connectivity index (χ4v) is 9.18. The first-order valence-corrected chi connectivity index (χ1v) is 30.4. The molecule has 22 aliphatic rings. The molecule has 0 spiro atoms. The molecule has 0 saturated carbocycles. The molecule has 30 rings (SSSR count). The number of esters is 8. The van der Waals surface area contributed by atoms with Gasteiger partial charge in [0, 0.05) is 0 Å². The van der Waals surface area contributed by atoms with E-state index in [1.54, 1.807) is 55.4 Å². The summed E-state index contributed by atoms with van der Waals surface area (Å²) in [7, 11) is 0. The predicted molar refractivity (Wildman–Crippen MR) is 340 cm³/mol. The molecular formula is C72H64O24. The molecule has 0 radical (unpaired) electrons. The lowest BCUT2D eigenvalue weighted by atomic mass is 10.1. The Morgan fingerprint density at radius 1 is 0.198 bits per heavy atom. The van der Waals surface area contributed by atoms with E-state index in [-0.39, 0.29) is 189 Å². The van der Waals surface area contributed by atoms with Crippen molar-refractivity contribution >= 4 is 47.8 Å². The Morgan fingerprint density at radius 2 is 0.292 bits per heavy atom. The molecule has 16 bridgehead atoms. The largest absolute Gasteiger partial charge is 0.462 e. The van der Waals surface area contributed by atoms with Gasteiger partial charge in [0.2, 0.25) is 0 Å². The highest BCUT2D eigenvalue weighted by Crippen LogP contribution is 2.43. The molecule has 24 heteroatoms. The summed E-state index contributed by atoms with van der Waals surface area (Å²) in [5.74, 6) is -6.85. The highest BCUT2D eigenvalue weighted by atomic mass is 16.6. The van der Waals surface area contributed by atoms with E-state index in [1.807, 2.05) is 0 Å². The Hall–Kier alpha value is -12.1. The van der Waals surface area contributed by atoms with Crippen LogP contribution in [0, 0.1) is 0 Å². The second-order valence-corrected chi connectivity index (χ2v) is 19.8. The van der Waals surface area contributed by atoms with E-state index in [2.05, 4.69) is 0 Å². The normalized spacial score (nSPS) is 11.4. The van der Waals surface area contributed by atoms with E-state index in [4.69, 9.17) is 75.8 Å². The summed E-state index contributed by atoms with van der Waals surface area (Å²) in [6, 6.07) is 33.6. The quantitative estimate of drug-likeness (QED) is 0.0641. The molecule has 0 fully saturated rings. The zero-order chi connectivity index (χ0) is 68.4. The van der Waals surface area contributed by atoms with Gasteiger partial charge in [0.05, 0.1) is 52.9 Å². The molecule has 22 aliphatic heterocycles. The van der Waals surface area contributed by atoms with Crippen molar-refractivity contribution in [2.45, 2.75) is 55.4 Å². The van der Waals surface area contributed by atoms with Gasteiger partial charge in [-0.15, -0.1) is 0 Å². The molecule has 0 atom stereocenters. The SMILES string of the molecule is CCOC(=O)c1cc2c(C(=O)OCC)cc1Oc1ccc(cc1)Oc1cc(C(=O)OCC)c(cc1C(=O)OCC)Oc1ccc(cc1)Oc1cc(C(=O)OCC)c(cc1C(=O)OCC)Oc1ccc(cc1)Oc1cc(C(=O)OCC)c(cc1C(=O)OCC)Oc1ccc(cc1)O2. The van der Waals surface area contributed by atoms with Crippen molar-refractivity contribution in [2.75, 3.05) is 52.9 Å². The monoisotopic (exact) mass is 1310 g/mol. The van der Waals surface area contributed by atoms with Crippen LogP contribution < -0.4 is 37.9 Å². The second-order valence-electron chi connectivity index (χ2n) is 19.8. The van der Waals surface area contributed by atoms with Crippen molar-refractivity contribution in [2.24, 2.45) is 0 Å². The number of hydrogen-bond acceptors (Lipinski definition) is 24. The second kappa shape index (κ2) is 32.0. The van der Waals surface area contributed by atoms with Crippen LogP contribution in [0.2, 0.25) is 0 Å². The van der Waals surface area contributed by atoms with Crippen molar-refractivity contribution in [1.82, 2.24) is 0 Å². The Morgan fingerprint density at radius 3 is 0.375 bits per heavy atom. The molecule has 22 heterocycles. The van der Waals surface area contributed by atoms with Crippen LogP contribution in [-0.2, 0) is 37.9 Å². The van der Waals surface area contributed by atoms with Crippen molar-refractivity contribution in [3.05, 3.63) is 190 Å². The van der Waals surface area contributed by atoms with Gasteiger partial charge in [-0.05, 0) is 201 Å². The highest BCUT2D eigenvalue weighted by molar-refractivity contribution is 6.02. The number of rotatable bonds is 16. The van der Waals surface area contributed by atoms with Crippen LogP contribution in [-0.4, -0.2) is 101 Å². The van der Waals surface area contributed by atoms with E-state index in [0.29, 0.717) is 0 Å². The topological polar surface area (TPSA) is 284 Å². The van der Waals surface area contributed by atoms with Gasteiger partial charge in [-0.2, -0.15) is 0 Å². The van der Waals surface area contributed by atoms with Crippen LogP contribution in [0.5, 0.6) is 92.0 Å². The fourth-order valence-electron chi connectivity index (χ4n) is 9.18. The summed E-state index contributed by atoms with van der Waals surface area (Å²) in [5, 5.41) is 0. The lowest BCUT2D eigenvalue weighted by Crippen LogP contribution is -2.12. The molecule has 0 saturated heterocycles. The standard InChI is InChI=1S/C72H64O24/c1-9-81-65(73)49-33-58-50(66(74)82-10-2)34-57(49)89-41-17-19-43(20-18-41)91-59-35-52(68(76)84-12-4)61(36-51(59)67(75)83-11-3)93-45-25-27-47(28-26-45)95-63-39-56(72(80)88-16-8)64(40-55(63)71(79)87-15-7)96-48-31-29-46(30-32-48)94-62-38-53(69(77)85-13-5)60(37-54(62)70(78)86-14-6)92-44-23-21-42(90-58)22-24-44/h17-40H,9-16H2,1-8H3. The molecule has 0 aromatic heterocycles. The molecular weight excluding hydrogens is 1250 g/mol. The third-order valence-electron chi connectivity index (χ3n) is 13.4. The van der Waals surface area contributed by atoms with E-state index < -0.39 is 47.8 Å². The zero-order valence-electron chi connectivity index (χ0n) is 53.3. The minimum absolute atomic E-state index is 0.0405. The van der Waals surface area contributed by atoms with Crippen molar-refractivity contribution in [3.63, 3.8) is 0 Å². The van der Waals surface area contributed by atoms with Gasteiger partial charge in [0.25, 0.3) is 0 Å². The lowest BCUT2D eigenvalue weighted by molar-refractivity contribution is 0.0506. The van der Waals surface area contributed by atoms with Crippen LogP contribution in [0.25, 0.3) is 0 Å². The molecule has 0 N–H and O–H groups in total. The fraction of sp³-hybridized carbons (Fsp3) is 0.222. The first-order chi connectivity index (χ1) is 46.5. The summed E-state index contributed by atoms with van der Waals surface area (Å²) >= 11 is 0. The van der Waals surface area contributed by atoms with E-state index in [9.17, 15) is 38.4 Å². The smallest absolute Gasteiger partial charge is 0.342 e. The number of ether oxygens (including phenoxy) is 16. The molecule has 496 valence electrons. The molecule has 0 amide bonds. The Balaban J connectivity index is 1.18. The van der Waals surface area contributed by atoms with Crippen LogP contribution in [0.3, 0.4) is 0 Å². The maximum absolute atomic E-state index is 13.7. The van der Waals surface area contributed by atoms with Gasteiger partial charge in [0.15, 0.2) is 0 Å². The summed E-state index contributed by atoms with van der Waals surface area (Å²) in [5.41, 5.74) is -1.26. The van der Waals surface area contributed by atoms with Crippen molar-refractivity contribution in [1.29, 1.82) is 0 Å². The van der Waals surface area contributed by atoms with Gasteiger partial charge in [0.1, 0.15) is 136 Å². The summed E-state index contributed by atoms with van der Waals surface area (Å²) < 4.78 is 93.5. The van der Waals surface area contributed by atoms with E-state index in [1.165, 1.54) is 146 Å². The lowest BCUT2D eigenvalue weighted by Gasteiger charge is -2.18. The number of benzene rings is 8. The van der Waals surface area contributed by atoms with Crippen LogP contribution in [0.4, 0.5) is 0 Å². The van der Waals surface area contributed by atoms with Crippen LogP contribution in [0.15, 0.2) is 146 Å². The van der Waals surface area contributed by atoms with Crippen molar-refractivity contribution in [3.8, 4) is 92.0 Å². The van der Waals surface area contributed by atoms with Gasteiger partial charge in [-0.3, -0.25) is 0 Å². The van der Waals surface area contributed by atoms with Gasteiger partial charge in [-0.1, -0.05) is 0 Å². The average Bonchev–Trinajstić information content (AvgIpc) is 1.31. The zero-order valence-corrected chi connectivity index (χ0v) is 53.3. The van der Waals surface area contributed by atoms with Crippen molar-refractivity contribution < 1.29 is 114 Å². The van der Waals surface area contributed by atoms with Crippen LogP contribution >= 0.6 is 0 Å². The average molecular weight is 1310 g/mol. The molecule has 24 nitrogen and oxygen atoms in total. The van der Waals surface area contributed by atoms with E-state index in [0.717, 1.165) is 0 Å². The number of carbonyl (C=O) groups excluding carboxylic acids is 8. The van der Waals surface area contributed by atoms with Gasteiger partial charge >= 0.3 is 47.8 Å². The highest BCUT2D eigenvalue weighted by Gasteiger charge is 2.30. The Kier molecular flexibility index (Phi) is 22.7. The minimum atomic E-state index is -0.841. The first kappa shape index (κ1) is 68.3. The van der Waals surface area contributed by atoms with E-state index >= 15 is 0 Å². The summed E-state index contributed by atoms with van der Waals surface area (Å²) in [6.07, 6.45) is 0. The molecule has 8 aromatic rings. The summed E-state index contributed by atoms with van der Waals surface area (Å²) in [4.78, 5) is 110. The molecule has 8 aromatic carbocycles. The number of hydrogen-bond donors (Lipinski definition) is 0.